The molecule has 146 valence electrons. The van der Waals surface area contributed by atoms with Crippen LogP contribution in [0.2, 0.25) is 5.02 Å². The molecule has 1 atom stereocenters. The number of rotatable bonds is 8. The van der Waals surface area contributed by atoms with Crippen LogP contribution in [0, 0.1) is 17.0 Å². The van der Waals surface area contributed by atoms with Gasteiger partial charge in [0.2, 0.25) is 0 Å². The molecule has 0 radical (unpaired) electrons. The quantitative estimate of drug-likeness (QED) is 0.341. The lowest BCUT2D eigenvalue weighted by Crippen LogP contribution is -2.18. The van der Waals surface area contributed by atoms with E-state index in [0.717, 1.165) is 5.56 Å². The van der Waals surface area contributed by atoms with E-state index in [9.17, 15) is 14.7 Å². The average Bonchev–Trinajstić information content (AvgIpc) is 2.63. The van der Waals surface area contributed by atoms with Crippen LogP contribution in [0.1, 0.15) is 12.5 Å². The molecule has 0 aliphatic rings. The summed E-state index contributed by atoms with van der Waals surface area (Å²) < 4.78 is 28.1. The number of anilines is 1. The van der Waals surface area contributed by atoms with Crippen LogP contribution in [-0.2, 0) is 13.6 Å². The molecule has 0 amide bonds. The zero-order valence-electron chi connectivity index (χ0n) is 15.3. The second-order valence-corrected chi connectivity index (χ2v) is 8.69. The number of nitro groups is 1. The highest BCUT2D eigenvalue weighted by atomic mass is 35.5. The van der Waals surface area contributed by atoms with Crippen LogP contribution in [0.3, 0.4) is 0 Å². The Balaban J connectivity index is 2.36. The molecule has 0 spiro atoms. The molecule has 1 unspecified atom stereocenters. The number of aryl methyl sites for hydroxylation is 1. The fourth-order valence-corrected chi connectivity index (χ4v) is 3.71. The molecule has 0 fully saturated rings. The van der Waals surface area contributed by atoms with Crippen molar-refractivity contribution in [1.29, 1.82) is 0 Å². The van der Waals surface area contributed by atoms with Gasteiger partial charge in [-0.3, -0.25) is 14.7 Å². The summed E-state index contributed by atoms with van der Waals surface area (Å²) in [5, 5.41) is 14.7. The van der Waals surface area contributed by atoms with Crippen molar-refractivity contribution in [3.63, 3.8) is 0 Å². The van der Waals surface area contributed by atoms with Gasteiger partial charge in [0.25, 0.3) is 5.69 Å². The van der Waals surface area contributed by atoms with Crippen LogP contribution in [0.25, 0.3) is 0 Å². The number of hydrogen-bond donors (Lipinski definition) is 1. The van der Waals surface area contributed by atoms with Crippen LogP contribution in [0.4, 0.5) is 11.4 Å². The molecule has 0 heterocycles. The van der Waals surface area contributed by atoms with Gasteiger partial charge < -0.3 is 19.1 Å². The number of ether oxygens (including phenoxy) is 1. The van der Waals surface area contributed by atoms with Gasteiger partial charge in [-0.2, -0.15) is 0 Å². The van der Waals surface area contributed by atoms with Crippen molar-refractivity contribution >= 4 is 30.6 Å². The normalized spacial score (nSPS) is 12.5. The first-order valence-corrected chi connectivity index (χ1v) is 9.89. The highest BCUT2D eigenvalue weighted by Crippen LogP contribution is 2.52. The van der Waals surface area contributed by atoms with Crippen molar-refractivity contribution in [3.05, 3.63) is 57.1 Å². The second-order valence-electron chi connectivity index (χ2n) is 5.67. The highest BCUT2D eigenvalue weighted by Gasteiger charge is 2.31. The summed E-state index contributed by atoms with van der Waals surface area (Å²) >= 11 is 5.94. The molecular formula is C17H20ClN2O6P. The van der Waals surface area contributed by atoms with E-state index in [4.69, 9.17) is 25.4 Å². The number of nitro benzene ring substituents is 1. The van der Waals surface area contributed by atoms with E-state index < -0.39 is 18.3 Å². The van der Waals surface area contributed by atoms with Gasteiger partial charge in [0.15, 0.2) is 0 Å². The first kappa shape index (κ1) is 21.2. The first-order chi connectivity index (χ1) is 12.7. The summed E-state index contributed by atoms with van der Waals surface area (Å²) in [6.45, 7) is 3.38. The number of nitrogens with one attached hydrogen (secondary N) is 1. The van der Waals surface area contributed by atoms with Crippen LogP contribution in [0.5, 0.6) is 11.5 Å². The molecule has 0 aliphatic carbocycles. The van der Waals surface area contributed by atoms with Crippen molar-refractivity contribution in [2.75, 3.05) is 19.5 Å². The van der Waals surface area contributed by atoms with E-state index in [1.165, 1.54) is 32.4 Å². The monoisotopic (exact) mass is 414 g/mol. The zero-order chi connectivity index (χ0) is 20.2. The Kier molecular flexibility index (Phi) is 6.84. The molecule has 8 nitrogen and oxygen atoms in total. The maximum absolute atomic E-state index is 12.5. The third-order valence-electron chi connectivity index (χ3n) is 3.88. The molecule has 0 saturated heterocycles. The number of hydrogen-bond acceptors (Lipinski definition) is 7. The molecule has 2 rings (SSSR count). The van der Waals surface area contributed by atoms with Crippen molar-refractivity contribution in [2.24, 2.45) is 0 Å². The zero-order valence-corrected chi connectivity index (χ0v) is 16.9. The minimum atomic E-state index is -3.47. The summed E-state index contributed by atoms with van der Waals surface area (Å²) in [4.78, 5) is 10.8. The molecule has 2 aromatic rings. The lowest BCUT2D eigenvalue weighted by Gasteiger charge is -2.22. The molecule has 10 heteroatoms. The van der Waals surface area contributed by atoms with Gasteiger partial charge in [-0.05, 0) is 43.7 Å². The van der Waals surface area contributed by atoms with Crippen molar-refractivity contribution in [2.45, 2.75) is 19.6 Å². The van der Waals surface area contributed by atoms with Gasteiger partial charge in [0.05, 0.1) is 4.92 Å². The summed E-state index contributed by atoms with van der Waals surface area (Å²) in [6.07, 6.45) is 0. The van der Waals surface area contributed by atoms with Crippen molar-refractivity contribution < 1.29 is 23.3 Å². The van der Waals surface area contributed by atoms with Gasteiger partial charge in [0.1, 0.15) is 23.0 Å². The standard InChI is InChI=1S/C17H20ClN2O6P/c1-11-9-13(18)5-8-17(11)26-14-6-7-16(20(21)22)15(10-14)19-12(2)27(23,24-3)25-4/h5-10,12,19H,1-4H3. The van der Waals surface area contributed by atoms with Gasteiger partial charge in [-0.1, -0.05) is 11.6 Å². The summed E-state index contributed by atoms with van der Waals surface area (Å²) in [6, 6.07) is 9.38. The van der Waals surface area contributed by atoms with E-state index in [1.54, 1.807) is 25.1 Å². The van der Waals surface area contributed by atoms with E-state index in [2.05, 4.69) is 5.32 Å². The Bertz CT molecular complexity index is 884. The lowest BCUT2D eigenvalue weighted by atomic mass is 10.2. The Hall–Kier alpha value is -2.12. The second kappa shape index (κ2) is 8.71. The Labute approximate surface area is 162 Å². The molecule has 2 aromatic carbocycles. The summed E-state index contributed by atoms with van der Waals surface area (Å²) in [5.74, 6) is 0.107. The molecule has 0 aliphatic heterocycles. The van der Waals surface area contributed by atoms with Crippen LogP contribution < -0.4 is 10.1 Å². The predicted octanol–water partition coefficient (Wildman–Crippen LogP) is 5.59. The van der Waals surface area contributed by atoms with Crippen LogP contribution >= 0.6 is 19.2 Å². The minimum absolute atomic E-state index is 0.131. The Morgan fingerprint density at radius 1 is 1.19 bits per heavy atom. The molecule has 1 N–H and O–H groups in total. The van der Waals surface area contributed by atoms with E-state index in [1.807, 2.05) is 6.92 Å². The largest absolute Gasteiger partial charge is 0.457 e. The Morgan fingerprint density at radius 3 is 2.41 bits per heavy atom. The number of benzene rings is 2. The number of nitrogens with zero attached hydrogens (tertiary/aromatic N) is 1. The van der Waals surface area contributed by atoms with Gasteiger partial charge in [-0.25, -0.2) is 0 Å². The van der Waals surface area contributed by atoms with Crippen molar-refractivity contribution in [1.82, 2.24) is 0 Å². The summed E-state index contributed by atoms with van der Waals surface area (Å²) in [5.41, 5.74) is 0.749. The maximum atomic E-state index is 12.5. The van der Waals surface area contributed by atoms with E-state index in [-0.39, 0.29) is 11.4 Å². The summed E-state index contributed by atoms with van der Waals surface area (Å²) in [7, 11) is -0.972. The highest BCUT2D eigenvalue weighted by molar-refractivity contribution is 7.54. The molecular weight excluding hydrogens is 395 g/mol. The number of halogens is 1. The van der Waals surface area contributed by atoms with E-state index in [0.29, 0.717) is 16.5 Å². The molecule has 0 bridgehead atoms. The SMILES string of the molecule is COP(=O)(OC)C(C)Nc1cc(Oc2ccc(Cl)cc2C)ccc1[N+](=O)[O-]. The van der Waals surface area contributed by atoms with Gasteiger partial charge in [0, 0.05) is 31.4 Å². The van der Waals surface area contributed by atoms with E-state index >= 15 is 0 Å². The third-order valence-corrected chi connectivity index (χ3v) is 6.21. The van der Waals surface area contributed by atoms with Crippen LogP contribution in [-0.4, -0.2) is 24.9 Å². The predicted molar refractivity (Wildman–Crippen MR) is 104 cm³/mol. The van der Waals surface area contributed by atoms with Gasteiger partial charge in [-0.15, -0.1) is 0 Å². The fourth-order valence-electron chi connectivity index (χ4n) is 2.40. The topological polar surface area (TPSA) is 99.9 Å². The fraction of sp³-hybridized carbons (Fsp3) is 0.294. The smallest absolute Gasteiger partial charge is 0.351 e. The first-order valence-electron chi connectivity index (χ1n) is 7.90. The molecule has 0 saturated carbocycles. The molecule has 27 heavy (non-hydrogen) atoms. The maximum Gasteiger partial charge on any atom is 0.351 e. The Morgan fingerprint density at radius 2 is 1.85 bits per heavy atom. The van der Waals surface area contributed by atoms with Crippen LogP contribution in [0.15, 0.2) is 36.4 Å². The van der Waals surface area contributed by atoms with Gasteiger partial charge >= 0.3 is 7.60 Å². The average molecular weight is 415 g/mol. The minimum Gasteiger partial charge on any atom is -0.457 e. The molecule has 0 aromatic heterocycles. The lowest BCUT2D eigenvalue weighted by molar-refractivity contribution is -0.384. The van der Waals surface area contributed by atoms with Crippen molar-refractivity contribution in [3.8, 4) is 11.5 Å². The third kappa shape index (κ3) is 4.99.